The minimum Gasteiger partial charge on any atom is -0.479 e. The van der Waals surface area contributed by atoms with Gasteiger partial charge in [-0.05, 0) is 13.8 Å². The van der Waals surface area contributed by atoms with Crippen LogP contribution in [0.4, 0.5) is 0 Å². The van der Waals surface area contributed by atoms with Crippen LogP contribution in [0, 0.1) is 6.92 Å². The van der Waals surface area contributed by atoms with Gasteiger partial charge in [0, 0.05) is 24.2 Å². The molecule has 0 unspecified atom stereocenters. The fourth-order valence-corrected chi connectivity index (χ4v) is 1.25. The summed E-state index contributed by atoms with van der Waals surface area (Å²) < 4.78 is 7.27. The number of aromatic nitrogens is 3. The molecule has 0 aliphatic carbocycles. The Kier molecular flexibility index (Phi) is 1.88. The first-order chi connectivity index (χ1) is 6.31. The zero-order chi connectivity index (χ0) is 9.26. The predicted octanol–water partition coefficient (Wildman–Crippen LogP) is 1.44. The van der Waals surface area contributed by atoms with Gasteiger partial charge in [-0.1, -0.05) is 0 Å². The number of hydrogen-bond donors (Lipinski definition) is 0. The van der Waals surface area contributed by atoms with Crippen LogP contribution in [0.1, 0.15) is 12.6 Å². The molecule has 2 heterocycles. The molecule has 4 nitrogen and oxygen atoms in total. The number of nitrogens with zero attached hydrogens (tertiary/aromatic N) is 3. The first-order valence-electron chi connectivity index (χ1n) is 4.25. The van der Waals surface area contributed by atoms with Crippen molar-refractivity contribution in [3.63, 3.8) is 0 Å². The van der Waals surface area contributed by atoms with E-state index in [1.807, 2.05) is 30.5 Å². The van der Waals surface area contributed by atoms with Gasteiger partial charge in [0.15, 0.2) is 0 Å². The zero-order valence-corrected chi connectivity index (χ0v) is 7.69. The molecule has 2 aromatic rings. The topological polar surface area (TPSA) is 39.4 Å². The Morgan fingerprint density at radius 2 is 2.38 bits per heavy atom. The zero-order valence-electron chi connectivity index (χ0n) is 7.69. The maximum atomic E-state index is 5.44. The fourth-order valence-electron chi connectivity index (χ4n) is 1.25. The van der Waals surface area contributed by atoms with Crippen molar-refractivity contribution in [2.45, 2.75) is 13.8 Å². The third kappa shape index (κ3) is 1.35. The fraction of sp³-hybridized carbons (Fsp3) is 0.333. The summed E-state index contributed by atoms with van der Waals surface area (Å²) in [4.78, 5) is 8.34. The molecule has 0 radical (unpaired) electrons. The number of rotatable bonds is 2. The van der Waals surface area contributed by atoms with E-state index in [1.165, 1.54) is 0 Å². The highest BCUT2D eigenvalue weighted by Gasteiger charge is 2.03. The van der Waals surface area contributed by atoms with Gasteiger partial charge in [0.2, 0.25) is 11.7 Å². The van der Waals surface area contributed by atoms with Crippen LogP contribution in [0.2, 0.25) is 0 Å². The Labute approximate surface area is 76.2 Å². The smallest absolute Gasteiger partial charge is 0.236 e. The molecule has 0 aromatic carbocycles. The predicted molar refractivity (Wildman–Crippen MR) is 48.9 cm³/mol. The summed E-state index contributed by atoms with van der Waals surface area (Å²) in [5.74, 6) is 1.48. The van der Waals surface area contributed by atoms with Crippen molar-refractivity contribution in [2.24, 2.45) is 0 Å². The second-order valence-electron chi connectivity index (χ2n) is 2.77. The number of imidazole rings is 1. The second kappa shape index (κ2) is 3.05. The lowest BCUT2D eigenvalue weighted by molar-refractivity contribution is 0.321. The van der Waals surface area contributed by atoms with Crippen LogP contribution in [0.3, 0.4) is 0 Å². The van der Waals surface area contributed by atoms with Crippen molar-refractivity contribution in [2.75, 3.05) is 6.61 Å². The average molecular weight is 177 g/mol. The van der Waals surface area contributed by atoms with E-state index in [4.69, 9.17) is 4.74 Å². The van der Waals surface area contributed by atoms with E-state index in [2.05, 4.69) is 9.97 Å². The van der Waals surface area contributed by atoms with E-state index in [9.17, 15) is 0 Å². The maximum Gasteiger partial charge on any atom is 0.236 e. The molecule has 0 N–H and O–H groups in total. The van der Waals surface area contributed by atoms with E-state index in [1.54, 1.807) is 6.20 Å². The minimum atomic E-state index is 0.650. The molecule has 0 saturated carbocycles. The largest absolute Gasteiger partial charge is 0.479 e. The van der Waals surface area contributed by atoms with E-state index < -0.39 is 0 Å². The molecule has 0 amide bonds. The molecule has 0 spiro atoms. The summed E-state index contributed by atoms with van der Waals surface area (Å²) in [6.07, 6.45) is 3.55. The van der Waals surface area contributed by atoms with E-state index in [-0.39, 0.29) is 0 Å². The lowest BCUT2D eigenvalue weighted by atomic mass is 10.4. The SMILES string of the molecule is CCOc1cc(C)nc2nccn12. The summed E-state index contributed by atoms with van der Waals surface area (Å²) in [6.45, 7) is 4.53. The highest BCUT2D eigenvalue weighted by Crippen LogP contribution is 2.13. The van der Waals surface area contributed by atoms with Crippen molar-refractivity contribution in [3.8, 4) is 5.88 Å². The lowest BCUT2D eigenvalue weighted by Gasteiger charge is -2.05. The monoisotopic (exact) mass is 177 g/mol. The van der Waals surface area contributed by atoms with Crippen LogP contribution >= 0.6 is 0 Å². The highest BCUT2D eigenvalue weighted by atomic mass is 16.5. The molecular formula is C9H11N3O. The average Bonchev–Trinajstić information content (AvgIpc) is 2.52. The number of aryl methyl sites for hydroxylation is 1. The van der Waals surface area contributed by atoms with Gasteiger partial charge in [0.1, 0.15) is 0 Å². The Morgan fingerprint density at radius 1 is 1.54 bits per heavy atom. The van der Waals surface area contributed by atoms with E-state index in [0.717, 1.165) is 11.6 Å². The van der Waals surface area contributed by atoms with Gasteiger partial charge >= 0.3 is 0 Å². The summed E-state index contributed by atoms with van der Waals surface area (Å²) >= 11 is 0. The first kappa shape index (κ1) is 8.04. The van der Waals surface area contributed by atoms with Gasteiger partial charge in [-0.25, -0.2) is 9.97 Å². The van der Waals surface area contributed by atoms with Gasteiger partial charge in [0.05, 0.1) is 6.61 Å². The maximum absolute atomic E-state index is 5.44. The van der Waals surface area contributed by atoms with Crippen LogP contribution in [-0.4, -0.2) is 21.0 Å². The van der Waals surface area contributed by atoms with Crippen LogP contribution in [0.5, 0.6) is 5.88 Å². The molecule has 13 heavy (non-hydrogen) atoms. The molecule has 2 aromatic heterocycles. The van der Waals surface area contributed by atoms with Gasteiger partial charge in [-0.15, -0.1) is 0 Å². The van der Waals surface area contributed by atoms with Crippen molar-refractivity contribution in [3.05, 3.63) is 24.2 Å². The summed E-state index contributed by atoms with van der Waals surface area (Å²) in [5, 5.41) is 0. The summed E-state index contributed by atoms with van der Waals surface area (Å²) in [6, 6.07) is 1.90. The van der Waals surface area contributed by atoms with Crippen LogP contribution in [0.25, 0.3) is 5.78 Å². The third-order valence-electron chi connectivity index (χ3n) is 1.76. The number of fused-ring (bicyclic) bond motifs is 1. The first-order valence-corrected chi connectivity index (χ1v) is 4.25. The Balaban J connectivity index is 2.63. The highest BCUT2D eigenvalue weighted by molar-refractivity contribution is 5.35. The Bertz CT molecular complexity index is 422. The molecule has 0 saturated heterocycles. The molecule has 0 aliphatic heterocycles. The minimum absolute atomic E-state index is 0.650. The van der Waals surface area contributed by atoms with Gasteiger partial charge < -0.3 is 4.74 Å². The molecule has 0 atom stereocenters. The number of hydrogen-bond acceptors (Lipinski definition) is 3. The second-order valence-corrected chi connectivity index (χ2v) is 2.77. The molecule has 68 valence electrons. The Hall–Kier alpha value is -1.58. The number of ether oxygens (including phenoxy) is 1. The normalized spacial score (nSPS) is 10.6. The van der Waals surface area contributed by atoms with Crippen molar-refractivity contribution < 1.29 is 4.74 Å². The van der Waals surface area contributed by atoms with Gasteiger partial charge in [-0.2, -0.15) is 0 Å². The Morgan fingerprint density at radius 3 is 3.15 bits per heavy atom. The molecular weight excluding hydrogens is 166 g/mol. The summed E-state index contributed by atoms with van der Waals surface area (Å²) in [7, 11) is 0. The van der Waals surface area contributed by atoms with Crippen LogP contribution in [0.15, 0.2) is 18.5 Å². The molecule has 0 aliphatic rings. The summed E-state index contributed by atoms with van der Waals surface area (Å²) in [5.41, 5.74) is 0.919. The molecule has 0 fully saturated rings. The van der Waals surface area contributed by atoms with E-state index >= 15 is 0 Å². The van der Waals surface area contributed by atoms with E-state index in [0.29, 0.717) is 12.4 Å². The van der Waals surface area contributed by atoms with Crippen molar-refractivity contribution >= 4 is 5.78 Å². The van der Waals surface area contributed by atoms with Gasteiger partial charge in [0.25, 0.3) is 0 Å². The molecule has 2 rings (SSSR count). The lowest BCUT2D eigenvalue weighted by Crippen LogP contribution is -2.00. The quantitative estimate of drug-likeness (QED) is 0.696. The standard InChI is InChI=1S/C9H11N3O/c1-3-13-8-6-7(2)11-9-10-4-5-12(8)9/h4-6H,3H2,1-2H3. The van der Waals surface area contributed by atoms with Crippen LogP contribution < -0.4 is 4.74 Å². The van der Waals surface area contributed by atoms with Crippen molar-refractivity contribution in [1.29, 1.82) is 0 Å². The van der Waals surface area contributed by atoms with Gasteiger partial charge in [-0.3, -0.25) is 4.40 Å². The molecule has 4 heteroatoms. The third-order valence-corrected chi connectivity index (χ3v) is 1.76. The van der Waals surface area contributed by atoms with Crippen LogP contribution in [-0.2, 0) is 0 Å². The molecule has 0 bridgehead atoms. The van der Waals surface area contributed by atoms with Crippen molar-refractivity contribution in [1.82, 2.24) is 14.4 Å².